The van der Waals surface area contributed by atoms with Gasteiger partial charge in [-0.05, 0) is 42.8 Å². The van der Waals surface area contributed by atoms with Gasteiger partial charge in [0, 0.05) is 12.1 Å². The molecule has 7 heteroatoms. The second-order valence-electron chi connectivity index (χ2n) is 7.03. The number of rotatable bonds is 9. The molecule has 1 aliphatic heterocycles. The number of nitrogens with one attached hydrogen (secondary N) is 2. The van der Waals surface area contributed by atoms with E-state index in [1.54, 1.807) is 0 Å². The quantitative estimate of drug-likeness (QED) is 0.561. The van der Waals surface area contributed by atoms with Crippen molar-refractivity contribution in [1.29, 1.82) is 0 Å². The Morgan fingerprint density at radius 3 is 2.63 bits per heavy atom. The van der Waals surface area contributed by atoms with Gasteiger partial charge < -0.3 is 15.4 Å². The molecule has 0 spiro atoms. The third-order valence-electron chi connectivity index (χ3n) is 4.54. The summed E-state index contributed by atoms with van der Waals surface area (Å²) < 4.78 is 5.73. The monoisotopic (exact) mass is 425 g/mol. The number of benzene rings is 2. The Kier molecular flexibility index (Phi) is 8.32. The molecule has 2 N–H and O–H groups in total. The maximum Gasteiger partial charge on any atom is 0.238 e. The van der Waals surface area contributed by atoms with Gasteiger partial charge in [-0.3, -0.25) is 9.59 Å². The predicted molar refractivity (Wildman–Crippen MR) is 122 cm³/mol. The zero-order valence-corrected chi connectivity index (χ0v) is 17.9. The number of para-hydroxylation sites is 1. The van der Waals surface area contributed by atoms with E-state index in [-0.39, 0.29) is 18.2 Å². The maximum atomic E-state index is 12.7. The van der Waals surface area contributed by atoms with Crippen LogP contribution in [-0.2, 0) is 9.59 Å². The van der Waals surface area contributed by atoms with Crippen molar-refractivity contribution in [3.8, 4) is 5.75 Å². The molecule has 30 heavy (non-hydrogen) atoms. The first-order valence-electron chi connectivity index (χ1n) is 10.3. The lowest BCUT2D eigenvalue weighted by Gasteiger charge is -2.22. The molecule has 3 rings (SSSR count). The number of hydrogen-bond acceptors (Lipinski definition) is 5. The zero-order chi connectivity index (χ0) is 21.2. The number of nitrogens with zero attached hydrogens (tertiary/aromatic N) is 1. The Balaban J connectivity index is 1.53. The van der Waals surface area contributed by atoms with E-state index in [1.165, 1.54) is 31.0 Å². The lowest BCUT2D eigenvalue weighted by molar-refractivity contribution is -0.123. The molecule has 0 radical (unpaired) electrons. The molecule has 0 unspecified atom stereocenters. The number of ether oxygens (including phenoxy) is 1. The molecule has 2 aromatic rings. The molecule has 0 bridgehead atoms. The fourth-order valence-electron chi connectivity index (χ4n) is 2.94. The number of anilines is 1. The fourth-order valence-corrected chi connectivity index (χ4v) is 3.94. The Morgan fingerprint density at radius 2 is 1.90 bits per heavy atom. The van der Waals surface area contributed by atoms with Gasteiger partial charge in [-0.2, -0.15) is 0 Å². The summed E-state index contributed by atoms with van der Waals surface area (Å²) in [6, 6.07) is 16.6. The van der Waals surface area contributed by atoms with E-state index in [0.717, 1.165) is 17.9 Å². The molecular formula is C23H27N3O3S. The summed E-state index contributed by atoms with van der Waals surface area (Å²) >= 11 is 1.26. The van der Waals surface area contributed by atoms with Gasteiger partial charge in [0.15, 0.2) is 5.17 Å². The fraction of sp³-hybridized carbons (Fsp3) is 0.348. The van der Waals surface area contributed by atoms with Gasteiger partial charge in [0.1, 0.15) is 11.0 Å². The molecule has 1 heterocycles. The van der Waals surface area contributed by atoms with Crippen LogP contribution in [0.5, 0.6) is 5.75 Å². The molecule has 0 aromatic heterocycles. The molecule has 1 atom stereocenters. The first-order chi connectivity index (χ1) is 14.6. The van der Waals surface area contributed by atoms with E-state index in [4.69, 9.17) is 4.74 Å². The highest BCUT2D eigenvalue weighted by Crippen LogP contribution is 2.25. The van der Waals surface area contributed by atoms with Crippen LogP contribution in [0.2, 0.25) is 0 Å². The Hall–Kier alpha value is -2.80. The number of unbranched alkanes of at least 4 members (excludes halogenated alkanes) is 3. The Bertz CT molecular complexity index is 869. The van der Waals surface area contributed by atoms with Crippen molar-refractivity contribution in [3.05, 3.63) is 54.6 Å². The molecule has 0 saturated carbocycles. The van der Waals surface area contributed by atoms with E-state index >= 15 is 0 Å². The van der Waals surface area contributed by atoms with Crippen LogP contribution < -0.4 is 15.4 Å². The summed E-state index contributed by atoms with van der Waals surface area (Å²) in [5, 5.41) is 5.51. The smallest absolute Gasteiger partial charge is 0.238 e. The highest BCUT2D eigenvalue weighted by molar-refractivity contribution is 8.15. The second-order valence-corrected chi connectivity index (χ2v) is 8.23. The van der Waals surface area contributed by atoms with Crippen LogP contribution in [0.4, 0.5) is 11.4 Å². The van der Waals surface area contributed by atoms with Crippen molar-refractivity contribution in [3.63, 3.8) is 0 Å². The van der Waals surface area contributed by atoms with E-state index in [2.05, 4.69) is 22.5 Å². The minimum Gasteiger partial charge on any atom is -0.494 e. The van der Waals surface area contributed by atoms with Crippen LogP contribution in [0, 0.1) is 0 Å². The van der Waals surface area contributed by atoms with Crippen LogP contribution in [0.1, 0.15) is 39.0 Å². The van der Waals surface area contributed by atoms with Crippen molar-refractivity contribution in [2.24, 2.45) is 4.99 Å². The maximum absolute atomic E-state index is 12.7. The van der Waals surface area contributed by atoms with Crippen LogP contribution in [0.15, 0.2) is 59.6 Å². The lowest BCUT2D eigenvalue weighted by Crippen LogP contribution is -2.41. The summed E-state index contributed by atoms with van der Waals surface area (Å²) in [5.41, 5.74) is 1.40. The average molecular weight is 426 g/mol. The second kappa shape index (κ2) is 11.4. The topological polar surface area (TPSA) is 79.8 Å². The molecular weight excluding hydrogens is 398 g/mol. The third kappa shape index (κ3) is 6.91. The summed E-state index contributed by atoms with van der Waals surface area (Å²) in [6.45, 7) is 2.88. The van der Waals surface area contributed by atoms with Crippen LogP contribution >= 0.6 is 11.8 Å². The van der Waals surface area contributed by atoms with Crippen molar-refractivity contribution < 1.29 is 14.3 Å². The molecule has 158 valence electrons. The number of aliphatic imine (C=N–C) groups is 1. The first-order valence-corrected chi connectivity index (χ1v) is 11.2. The summed E-state index contributed by atoms with van der Waals surface area (Å²) in [4.78, 5) is 29.1. The molecule has 2 amide bonds. The molecule has 2 aromatic carbocycles. The SMILES string of the molecule is CCCCCCOc1ccc(NC(=O)[C@H]2CC(=O)NC(=Nc3ccccc3)S2)cc1. The van der Waals surface area contributed by atoms with Crippen LogP contribution in [0.25, 0.3) is 0 Å². The Labute approximate surface area is 181 Å². The summed E-state index contributed by atoms with van der Waals surface area (Å²) in [7, 11) is 0. The number of thioether (sulfide) groups is 1. The summed E-state index contributed by atoms with van der Waals surface area (Å²) in [6.07, 6.45) is 4.76. The van der Waals surface area contributed by atoms with Crippen LogP contribution in [-0.4, -0.2) is 28.8 Å². The van der Waals surface area contributed by atoms with Crippen molar-refractivity contribution in [2.45, 2.75) is 44.3 Å². The number of amidine groups is 1. The minimum absolute atomic E-state index is 0.114. The van der Waals surface area contributed by atoms with Gasteiger partial charge in [0.05, 0.1) is 12.3 Å². The average Bonchev–Trinajstić information content (AvgIpc) is 2.75. The van der Waals surface area contributed by atoms with Gasteiger partial charge in [-0.25, -0.2) is 4.99 Å². The van der Waals surface area contributed by atoms with E-state index in [9.17, 15) is 9.59 Å². The largest absolute Gasteiger partial charge is 0.494 e. The van der Waals surface area contributed by atoms with Gasteiger partial charge in [-0.15, -0.1) is 0 Å². The van der Waals surface area contributed by atoms with E-state index in [0.29, 0.717) is 17.5 Å². The number of carbonyl (C=O) groups excluding carboxylic acids is 2. The summed E-state index contributed by atoms with van der Waals surface area (Å²) in [5.74, 6) is 0.354. The molecule has 1 fully saturated rings. The molecule has 1 saturated heterocycles. The highest BCUT2D eigenvalue weighted by atomic mass is 32.2. The number of amides is 2. The van der Waals surface area contributed by atoms with Crippen molar-refractivity contribution in [1.82, 2.24) is 5.32 Å². The van der Waals surface area contributed by atoms with Gasteiger partial charge in [0.2, 0.25) is 11.8 Å². The van der Waals surface area contributed by atoms with Crippen LogP contribution in [0.3, 0.4) is 0 Å². The third-order valence-corrected chi connectivity index (χ3v) is 5.62. The molecule has 1 aliphatic rings. The lowest BCUT2D eigenvalue weighted by atomic mass is 10.2. The molecule has 0 aliphatic carbocycles. The normalized spacial score (nSPS) is 17.4. The van der Waals surface area contributed by atoms with E-state index in [1.807, 2.05) is 54.6 Å². The van der Waals surface area contributed by atoms with E-state index < -0.39 is 5.25 Å². The van der Waals surface area contributed by atoms with Crippen molar-refractivity contribution in [2.75, 3.05) is 11.9 Å². The van der Waals surface area contributed by atoms with Crippen molar-refractivity contribution >= 4 is 40.1 Å². The standard InChI is InChI=1S/C23H27N3O3S/c1-2-3-4-8-15-29-19-13-11-18(12-14-19)24-22(28)20-16-21(27)26-23(30-20)25-17-9-6-5-7-10-17/h5-7,9-14,20H,2-4,8,15-16H2,1H3,(H,24,28)(H,25,26,27)/t20-/m1/s1. The predicted octanol–water partition coefficient (Wildman–Crippen LogP) is 4.89. The molecule has 6 nitrogen and oxygen atoms in total. The number of hydrogen-bond donors (Lipinski definition) is 2. The number of carbonyl (C=O) groups is 2. The highest BCUT2D eigenvalue weighted by Gasteiger charge is 2.30. The van der Waals surface area contributed by atoms with Gasteiger partial charge in [0.25, 0.3) is 0 Å². The van der Waals surface area contributed by atoms with Gasteiger partial charge >= 0.3 is 0 Å². The Morgan fingerprint density at radius 1 is 1.13 bits per heavy atom. The minimum atomic E-state index is -0.532. The first kappa shape index (κ1) is 21.9. The zero-order valence-electron chi connectivity index (χ0n) is 17.1. The van der Waals surface area contributed by atoms with Gasteiger partial charge in [-0.1, -0.05) is 56.1 Å².